The van der Waals surface area contributed by atoms with Crippen LogP contribution in [0.25, 0.3) is 0 Å². The van der Waals surface area contributed by atoms with Crippen molar-refractivity contribution in [2.24, 2.45) is 5.10 Å². The van der Waals surface area contributed by atoms with Crippen LogP contribution < -0.4 is 4.83 Å². The summed E-state index contributed by atoms with van der Waals surface area (Å²) in [5.41, 5.74) is 0.276. The molecule has 0 radical (unpaired) electrons. The molecule has 0 aliphatic heterocycles. The fourth-order valence-corrected chi connectivity index (χ4v) is 2.27. The van der Waals surface area contributed by atoms with Crippen molar-refractivity contribution in [1.82, 2.24) is 4.83 Å². The van der Waals surface area contributed by atoms with Gasteiger partial charge >= 0.3 is 0 Å². The molecule has 7 heteroatoms. The third kappa shape index (κ3) is 3.27. The Morgan fingerprint density at radius 3 is 2.40 bits per heavy atom. The Hall–Kier alpha value is -2.54. The minimum atomic E-state index is -3.73. The van der Waals surface area contributed by atoms with Crippen LogP contribution in [0.1, 0.15) is 5.56 Å². The van der Waals surface area contributed by atoms with Gasteiger partial charge < -0.3 is 10.2 Å². The number of hydrogen-bond donors (Lipinski definition) is 3. The molecule has 20 heavy (non-hydrogen) atoms. The highest BCUT2D eigenvalue weighted by Gasteiger charge is 2.11. The number of hydrazone groups is 1. The van der Waals surface area contributed by atoms with Crippen LogP contribution in [-0.2, 0) is 10.0 Å². The topological polar surface area (TPSA) is 99.0 Å². The molecule has 0 aliphatic carbocycles. The van der Waals surface area contributed by atoms with Crippen molar-refractivity contribution in [1.29, 1.82) is 0 Å². The lowest BCUT2D eigenvalue weighted by molar-refractivity contribution is 0.450. The number of nitrogens with zero attached hydrogens (tertiary/aromatic N) is 1. The molecule has 0 atom stereocenters. The number of phenols is 2. The maximum Gasteiger partial charge on any atom is 0.276 e. The molecule has 3 N–H and O–H groups in total. The molecule has 0 unspecified atom stereocenters. The van der Waals surface area contributed by atoms with E-state index in [4.69, 9.17) is 5.11 Å². The highest BCUT2D eigenvalue weighted by molar-refractivity contribution is 7.89. The third-order valence-corrected chi connectivity index (χ3v) is 3.68. The average Bonchev–Trinajstić information content (AvgIpc) is 2.42. The Kier molecular flexibility index (Phi) is 3.90. The maximum absolute atomic E-state index is 11.8. The molecule has 0 saturated heterocycles. The van der Waals surface area contributed by atoms with Crippen LogP contribution in [0.5, 0.6) is 11.5 Å². The Morgan fingerprint density at radius 2 is 1.75 bits per heavy atom. The van der Waals surface area contributed by atoms with Gasteiger partial charge in [0, 0.05) is 11.6 Å². The summed E-state index contributed by atoms with van der Waals surface area (Å²) < 4.78 is 23.7. The van der Waals surface area contributed by atoms with Gasteiger partial charge in [0.15, 0.2) is 0 Å². The van der Waals surface area contributed by atoms with E-state index in [0.717, 1.165) is 12.3 Å². The highest BCUT2D eigenvalue weighted by atomic mass is 32.2. The fourth-order valence-electron chi connectivity index (χ4n) is 1.46. The molecular formula is C13H12N2O4S. The summed E-state index contributed by atoms with van der Waals surface area (Å²) in [5, 5.41) is 22.2. The number of benzene rings is 2. The monoisotopic (exact) mass is 292 g/mol. The van der Waals surface area contributed by atoms with Gasteiger partial charge in [0.25, 0.3) is 10.0 Å². The minimum absolute atomic E-state index is 0.0899. The Balaban J connectivity index is 2.14. The fraction of sp³-hybridized carbons (Fsp3) is 0. The van der Waals surface area contributed by atoms with Crippen molar-refractivity contribution in [3.63, 3.8) is 0 Å². The van der Waals surface area contributed by atoms with Crippen LogP contribution >= 0.6 is 0 Å². The van der Waals surface area contributed by atoms with Crippen LogP contribution in [-0.4, -0.2) is 24.8 Å². The summed E-state index contributed by atoms with van der Waals surface area (Å²) in [6.07, 6.45) is 1.15. The number of rotatable bonds is 4. The molecule has 0 saturated carbocycles. The van der Waals surface area contributed by atoms with E-state index in [1.54, 1.807) is 18.2 Å². The highest BCUT2D eigenvalue weighted by Crippen LogP contribution is 2.20. The summed E-state index contributed by atoms with van der Waals surface area (Å²) >= 11 is 0. The zero-order chi connectivity index (χ0) is 14.6. The van der Waals surface area contributed by atoms with Crippen molar-refractivity contribution in [3.05, 3.63) is 54.1 Å². The minimum Gasteiger partial charge on any atom is -0.508 e. The van der Waals surface area contributed by atoms with Gasteiger partial charge in [-0.1, -0.05) is 18.2 Å². The van der Waals surface area contributed by atoms with E-state index in [0.29, 0.717) is 0 Å². The normalized spacial score (nSPS) is 11.6. The molecule has 0 amide bonds. The smallest absolute Gasteiger partial charge is 0.276 e. The second-order valence-corrected chi connectivity index (χ2v) is 5.57. The Morgan fingerprint density at radius 1 is 1.05 bits per heavy atom. The quantitative estimate of drug-likeness (QED) is 0.586. The van der Waals surface area contributed by atoms with E-state index >= 15 is 0 Å². The van der Waals surface area contributed by atoms with E-state index in [2.05, 4.69) is 5.10 Å². The van der Waals surface area contributed by atoms with Crippen molar-refractivity contribution >= 4 is 16.2 Å². The van der Waals surface area contributed by atoms with E-state index < -0.39 is 10.0 Å². The average molecular weight is 292 g/mol. The van der Waals surface area contributed by atoms with Crippen LogP contribution in [0.15, 0.2) is 58.5 Å². The van der Waals surface area contributed by atoms with Gasteiger partial charge in [-0.3, -0.25) is 0 Å². The lowest BCUT2D eigenvalue weighted by Gasteiger charge is -2.03. The molecule has 104 valence electrons. The van der Waals surface area contributed by atoms with Crippen molar-refractivity contribution in [2.75, 3.05) is 0 Å². The molecule has 0 spiro atoms. The first-order valence-electron chi connectivity index (χ1n) is 5.61. The van der Waals surface area contributed by atoms with E-state index in [-0.39, 0.29) is 22.0 Å². The SMILES string of the molecule is O=S(=O)(N/N=C\c1ccc(O)cc1O)c1ccccc1. The van der Waals surface area contributed by atoms with Gasteiger partial charge in [-0.2, -0.15) is 13.5 Å². The van der Waals surface area contributed by atoms with Gasteiger partial charge in [0.2, 0.25) is 0 Å². The maximum atomic E-state index is 11.8. The zero-order valence-electron chi connectivity index (χ0n) is 10.3. The van der Waals surface area contributed by atoms with Crippen LogP contribution in [0.3, 0.4) is 0 Å². The molecular weight excluding hydrogens is 280 g/mol. The number of sulfonamides is 1. The molecule has 2 rings (SSSR count). The Bertz CT molecular complexity index is 727. The molecule has 2 aromatic rings. The predicted molar refractivity (Wildman–Crippen MR) is 74.1 cm³/mol. The first-order valence-corrected chi connectivity index (χ1v) is 7.09. The molecule has 2 aromatic carbocycles. The molecule has 0 aromatic heterocycles. The molecule has 0 aliphatic rings. The second-order valence-electron chi connectivity index (χ2n) is 3.91. The summed E-state index contributed by atoms with van der Waals surface area (Å²) in [5.74, 6) is -0.294. The Labute approximate surface area is 116 Å². The van der Waals surface area contributed by atoms with Gasteiger partial charge in [0.1, 0.15) is 11.5 Å². The summed E-state index contributed by atoms with van der Waals surface area (Å²) in [7, 11) is -3.73. The largest absolute Gasteiger partial charge is 0.508 e. The molecule has 0 heterocycles. The van der Waals surface area contributed by atoms with E-state index in [9.17, 15) is 13.5 Å². The van der Waals surface area contributed by atoms with E-state index in [1.165, 1.54) is 24.3 Å². The lowest BCUT2D eigenvalue weighted by atomic mass is 10.2. The summed E-state index contributed by atoms with van der Waals surface area (Å²) in [6, 6.07) is 11.7. The van der Waals surface area contributed by atoms with Gasteiger partial charge in [-0.05, 0) is 24.3 Å². The van der Waals surface area contributed by atoms with Crippen LogP contribution in [0.2, 0.25) is 0 Å². The number of hydrogen-bond acceptors (Lipinski definition) is 5. The van der Waals surface area contributed by atoms with Crippen LogP contribution in [0.4, 0.5) is 0 Å². The van der Waals surface area contributed by atoms with Gasteiger partial charge in [-0.25, -0.2) is 4.83 Å². The number of nitrogens with one attached hydrogen (secondary N) is 1. The molecule has 0 fully saturated rings. The lowest BCUT2D eigenvalue weighted by Crippen LogP contribution is -2.18. The third-order valence-electron chi connectivity index (χ3n) is 2.44. The number of aromatic hydroxyl groups is 2. The van der Waals surface area contributed by atoms with Crippen molar-refractivity contribution in [3.8, 4) is 11.5 Å². The van der Waals surface area contributed by atoms with Crippen molar-refractivity contribution in [2.45, 2.75) is 4.90 Å². The first-order chi connectivity index (χ1) is 9.49. The number of phenolic OH excluding ortho intramolecular Hbond substituents is 2. The standard InChI is InChI=1S/C13H12N2O4S/c16-11-7-6-10(13(17)8-11)9-14-15-20(18,19)12-4-2-1-3-5-12/h1-9,15-17H/b14-9-. The molecule has 0 bridgehead atoms. The molecule has 6 nitrogen and oxygen atoms in total. The second kappa shape index (κ2) is 5.62. The zero-order valence-corrected chi connectivity index (χ0v) is 11.1. The summed E-state index contributed by atoms with van der Waals surface area (Å²) in [6.45, 7) is 0. The summed E-state index contributed by atoms with van der Waals surface area (Å²) in [4.78, 5) is 2.12. The van der Waals surface area contributed by atoms with Crippen molar-refractivity contribution < 1.29 is 18.6 Å². The van der Waals surface area contributed by atoms with Crippen LogP contribution in [0, 0.1) is 0 Å². The van der Waals surface area contributed by atoms with Gasteiger partial charge in [0.05, 0.1) is 11.1 Å². The predicted octanol–water partition coefficient (Wildman–Crippen LogP) is 1.41. The van der Waals surface area contributed by atoms with Gasteiger partial charge in [-0.15, -0.1) is 0 Å². The first kappa shape index (κ1) is 13.9. The van der Waals surface area contributed by atoms with E-state index in [1.807, 2.05) is 4.83 Å².